The van der Waals surface area contributed by atoms with E-state index in [2.05, 4.69) is 19.2 Å². The summed E-state index contributed by atoms with van der Waals surface area (Å²) >= 11 is 12.4. The molecule has 1 aliphatic rings. The predicted octanol–water partition coefficient (Wildman–Crippen LogP) is 5.12. The minimum Gasteiger partial charge on any atom is -0.459 e. The molecule has 1 aromatic carbocycles. The van der Waals surface area contributed by atoms with E-state index >= 15 is 0 Å². The van der Waals surface area contributed by atoms with Crippen molar-refractivity contribution >= 4 is 34.2 Å². The van der Waals surface area contributed by atoms with E-state index in [1.165, 1.54) is 18.4 Å². The molecule has 102 valence electrons. The van der Waals surface area contributed by atoms with Gasteiger partial charge in [0.2, 0.25) is 0 Å². The topological polar surface area (TPSA) is 25.2 Å². The van der Waals surface area contributed by atoms with Gasteiger partial charge in [-0.3, -0.25) is 0 Å². The maximum atomic E-state index is 6.35. The lowest BCUT2D eigenvalue weighted by molar-refractivity contribution is 0.483. The van der Waals surface area contributed by atoms with Crippen molar-refractivity contribution in [3.8, 4) is 0 Å². The minimum absolute atomic E-state index is 0.430. The van der Waals surface area contributed by atoms with Gasteiger partial charge in [-0.1, -0.05) is 37.0 Å². The molecule has 0 atom stereocenters. The van der Waals surface area contributed by atoms with Gasteiger partial charge in [0, 0.05) is 28.1 Å². The van der Waals surface area contributed by atoms with Gasteiger partial charge in [-0.05, 0) is 24.8 Å². The van der Waals surface area contributed by atoms with E-state index in [1.54, 1.807) is 6.07 Å². The molecule has 2 aromatic rings. The lowest BCUT2D eigenvalue weighted by Gasteiger charge is -2.07. The first kappa shape index (κ1) is 13.3. The molecule has 0 bridgehead atoms. The monoisotopic (exact) mass is 297 g/mol. The number of hydrogen-bond donors (Lipinski definition) is 1. The van der Waals surface area contributed by atoms with Crippen molar-refractivity contribution in [1.29, 1.82) is 0 Å². The summed E-state index contributed by atoms with van der Waals surface area (Å²) < 4.78 is 5.98. The minimum atomic E-state index is 0.430. The molecule has 0 radical (unpaired) electrons. The predicted molar refractivity (Wildman–Crippen MR) is 80.2 cm³/mol. The third kappa shape index (κ3) is 2.62. The Morgan fingerprint density at radius 2 is 2.05 bits per heavy atom. The third-order valence-corrected chi connectivity index (χ3v) is 3.99. The molecular weight excluding hydrogens is 281 g/mol. The smallest absolute Gasteiger partial charge is 0.137 e. The average molecular weight is 298 g/mol. The van der Waals surface area contributed by atoms with Gasteiger partial charge >= 0.3 is 0 Å². The van der Waals surface area contributed by atoms with Crippen LogP contribution >= 0.6 is 23.2 Å². The maximum absolute atomic E-state index is 6.35. The van der Waals surface area contributed by atoms with Crippen LogP contribution in [0.2, 0.25) is 10.0 Å². The number of furan rings is 1. The zero-order valence-corrected chi connectivity index (χ0v) is 12.6. The second-order valence-corrected chi connectivity index (χ2v) is 6.35. The van der Waals surface area contributed by atoms with Crippen molar-refractivity contribution in [2.75, 3.05) is 0 Å². The maximum Gasteiger partial charge on any atom is 0.137 e. The van der Waals surface area contributed by atoms with Crippen LogP contribution in [0.1, 0.15) is 43.9 Å². The van der Waals surface area contributed by atoms with E-state index in [4.69, 9.17) is 27.6 Å². The molecule has 3 rings (SSSR count). The van der Waals surface area contributed by atoms with Crippen LogP contribution < -0.4 is 5.32 Å². The molecule has 1 saturated carbocycles. The van der Waals surface area contributed by atoms with Gasteiger partial charge in [0.1, 0.15) is 11.3 Å². The molecule has 0 spiro atoms. The van der Waals surface area contributed by atoms with E-state index in [0.29, 0.717) is 22.0 Å². The van der Waals surface area contributed by atoms with Gasteiger partial charge in [0.25, 0.3) is 0 Å². The Labute approximate surface area is 123 Å². The lowest BCUT2D eigenvalue weighted by atomic mass is 10.1. The van der Waals surface area contributed by atoms with Crippen LogP contribution in [0.5, 0.6) is 0 Å². The summed E-state index contributed by atoms with van der Waals surface area (Å²) in [5.74, 6) is 1.61. The van der Waals surface area contributed by atoms with Gasteiger partial charge < -0.3 is 9.73 Å². The number of rotatable bonds is 4. The Bertz CT molecular complexity index is 614. The van der Waals surface area contributed by atoms with Crippen LogP contribution in [-0.4, -0.2) is 6.04 Å². The van der Waals surface area contributed by atoms with E-state index in [1.807, 2.05) is 6.07 Å². The molecule has 2 nitrogen and oxygen atoms in total. The Hall–Kier alpha value is -0.700. The zero-order chi connectivity index (χ0) is 13.6. The van der Waals surface area contributed by atoms with Crippen molar-refractivity contribution in [2.24, 2.45) is 0 Å². The molecule has 19 heavy (non-hydrogen) atoms. The van der Waals surface area contributed by atoms with Crippen LogP contribution in [0.15, 0.2) is 16.5 Å². The van der Waals surface area contributed by atoms with E-state index in [0.717, 1.165) is 23.3 Å². The highest BCUT2D eigenvalue weighted by molar-refractivity contribution is 6.38. The third-order valence-electron chi connectivity index (χ3n) is 3.48. The number of hydrogen-bond acceptors (Lipinski definition) is 2. The van der Waals surface area contributed by atoms with Gasteiger partial charge in [-0.25, -0.2) is 0 Å². The molecule has 1 N–H and O–H groups in total. The first-order valence-electron chi connectivity index (χ1n) is 6.70. The highest BCUT2D eigenvalue weighted by Crippen LogP contribution is 2.48. The molecule has 1 aromatic heterocycles. The molecule has 0 unspecified atom stereocenters. The van der Waals surface area contributed by atoms with Crippen molar-refractivity contribution in [3.63, 3.8) is 0 Å². The molecule has 0 saturated heterocycles. The molecule has 4 heteroatoms. The van der Waals surface area contributed by atoms with Crippen LogP contribution in [0, 0.1) is 0 Å². The number of benzene rings is 1. The standard InChI is InChI=1S/C15H17Cl2NO/c1-8(2)18-7-13-14(9-3-4-9)15-11(17)5-10(16)6-12(15)19-13/h5-6,8-9,18H,3-4,7H2,1-2H3. The van der Waals surface area contributed by atoms with Gasteiger partial charge in [-0.2, -0.15) is 0 Å². The normalized spacial score (nSPS) is 15.6. The Balaban J connectivity index is 2.10. The molecule has 1 aliphatic carbocycles. The van der Waals surface area contributed by atoms with Gasteiger partial charge in [-0.15, -0.1) is 0 Å². The Morgan fingerprint density at radius 1 is 1.32 bits per heavy atom. The summed E-state index contributed by atoms with van der Waals surface area (Å²) in [6, 6.07) is 4.08. The Morgan fingerprint density at radius 3 is 2.68 bits per heavy atom. The molecule has 0 amide bonds. The Kier molecular flexibility index (Phi) is 3.50. The van der Waals surface area contributed by atoms with Gasteiger partial charge in [0.05, 0.1) is 11.6 Å². The van der Waals surface area contributed by atoms with Crippen LogP contribution in [0.4, 0.5) is 0 Å². The van der Waals surface area contributed by atoms with Crippen molar-refractivity contribution in [3.05, 3.63) is 33.5 Å². The van der Waals surface area contributed by atoms with Crippen molar-refractivity contribution in [1.82, 2.24) is 5.32 Å². The van der Waals surface area contributed by atoms with E-state index < -0.39 is 0 Å². The summed E-state index contributed by atoms with van der Waals surface area (Å²) in [4.78, 5) is 0. The number of halogens is 2. The fraction of sp³-hybridized carbons (Fsp3) is 0.467. The summed E-state index contributed by atoms with van der Waals surface area (Å²) in [5, 5.41) is 5.78. The largest absolute Gasteiger partial charge is 0.459 e. The average Bonchev–Trinajstić information content (AvgIpc) is 3.08. The van der Waals surface area contributed by atoms with Crippen molar-refractivity contribution in [2.45, 2.75) is 45.2 Å². The lowest BCUT2D eigenvalue weighted by Crippen LogP contribution is -2.22. The molecule has 1 heterocycles. The highest BCUT2D eigenvalue weighted by Gasteiger charge is 2.31. The first-order chi connectivity index (χ1) is 9.06. The van der Waals surface area contributed by atoms with Gasteiger partial charge in [0.15, 0.2) is 0 Å². The number of nitrogens with one attached hydrogen (secondary N) is 1. The number of fused-ring (bicyclic) bond motifs is 1. The molecule has 0 aliphatic heterocycles. The van der Waals surface area contributed by atoms with Crippen LogP contribution in [0.25, 0.3) is 11.0 Å². The fourth-order valence-electron chi connectivity index (χ4n) is 2.45. The van der Waals surface area contributed by atoms with Crippen LogP contribution in [0.3, 0.4) is 0 Å². The molecular formula is C15H17Cl2NO. The molecule has 1 fully saturated rings. The SMILES string of the molecule is CC(C)NCc1oc2cc(Cl)cc(Cl)c2c1C1CC1. The zero-order valence-electron chi connectivity index (χ0n) is 11.1. The summed E-state index contributed by atoms with van der Waals surface area (Å²) in [7, 11) is 0. The summed E-state index contributed by atoms with van der Waals surface area (Å²) in [6.45, 7) is 5.00. The van der Waals surface area contributed by atoms with Crippen LogP contribution in [-0.2, 0) is 6.54 Å². The second kappa shape index (κ2) is 5.01. The summed E-state index contributed by atoms with van der Waals surface area (Å²) in [6.07, 6.45) is 2.45. The first-order valence-corrected chi connectivity index (χ1v) is 7.45. The van der Waals surface area contributed by atoms with Crippen molar-refractivity contribution < 1.29 is 4.42 Å². The second-order valence-electron chi connectivity index (χ2n) is 5.51. The highest BCUT2D eigenvalue weighted by atomic mass is 35.5. The summed E-state index contributed by atoms with van der Waals surface area (Å²) in [5.41, 5.74) is 2.09. The van der Waals surface area contributed by atoms with E-state index in [9.17, 15) is 0 Å². The fourth-order valence-corrected chi connectivity index (χ4v) is 3.03. The quantitative estimate of drug-likeness (QED) is 0.848. The van der Waals surface area contributed by atoms with E-state index in [-0.39, 0.29) is 0 Å².